The summed E-state index contributed by atoms with van der Waals surface area (Å²) in [6.45, 7) is 3.72. The zero-order valence-corrected chi connectivity index (χ0v) is 23.6. The van der Waals surface area contributed by atoms with Crippen LogP contribution in [0.5, 0.6) is 11.5 Å². The molecule has 0 saturated carbocycles. The molecule has 0 spiro atoms. The van der Waals surface area contributed by atoms with Crippen molar-refractivity contribution in [2.24, 2.45) is 4.99 Å². The van der Waals surface area contributed by atoms with Gasteiger partial charge in [-0.05, 0) is 35.9 Å². The molecule has 0 atom stereocenters. The van der Waals surface area contributed by atoms with E-state index in [-0.39, 0.29) is 17.4 Å². The van der Waals surface area contributed by atoms with Crippen molar-refractivity contribution >= 4 is 28.9 Å². The Bertz CT molecular complexity index is 1200. The molecule has 0 aromatic heterocycles. The molecule has 3 aromatic rings. The van der Waals surface area contributed by atoms with E-state index >= 15 is 0 Å². The summed E-state index contributed by atoms with van der Waals surface area (Å²) >= 11 is -0.826. The molecule has 198 valence electrons. The zero-order valence-electron chi connectivity index (χ0n) is 19.7. The summed E-state index contributed by atoms with van der Waals surface area (Å²) in [6, 6.07) is 13.3. The molecule has 0 saturated heterocycles. The van der Waals surface area contributed by atoms with Crippen LogP contribution >= 0.6 is 17.0 Å². The van der Waals surface area contributed by atoms with Crippen LogP contribution in [0.1, 0.15) is 41.7 Å². The van der Waals surface area contributed by atoms with Gasteiger partial charge < -0.3 is 9.84 Å². The molecule has 3 rings (SSSR count). The van der Waals surface area contributed by atoms with Gasteiger partial charge in [-0.3, -0.25) is 4.99 Å². The molecule has 1 N–H and O–H groups in total. The minimum atomic E-state index is -4.99. The fourth-order valence-corrected chi connectivity index (χ4v) is 3.49. The predicted molar refractivity (Wildman–Crippen MR) is 129 cm³/mol. The summed E-state index contributed by atoms with van der Waals surface area (Å²) in [7, 11) is 11.3. The Morgan fingerprint density at radius 1 is 0.838 bits per heavy atom. The number of phenols is 1. The van der Waals surface area contributed by atoms with Crippen LogP contribution in [0.25, 0.3) is 0 Å². The van der Waals surface area contributed by atoms with Crippen molar-refractivity contribution < 1.29 is 57.0 Å². The molecule has 37 heavy (non-hydrogen) atoms. The van der Waals surface area contributed by atoms with E-state index in [2.05, 4.69) is 4.99 Å². The summed E-state index contributed by atoms with van der Waals surface area (Å²) in [4.78, 5) is 3.82. The molecule has 0 aliphatic rings. The van der Waals surface area contributed by atoms with Gasteiger partial charge in [-0.25, -0.2) is 0 Å². The standard InChI is InChI=1S/C25H21F6NO2.2ClH.Zr/c1-23(2,16-7-5-4-6-8-16)21-13-20(34-3)9-15(22(21)33)14-32-19-11-17(24(26,27)28)10-18(12-19)25(29,30)31;;;/h4-14,33H,1-3H3;2*1H;/q;;;+2/p-2. The number of aliphatic imine (C=N–C) groups is 1. The second-order valence-electron chi connectivity index (χ2n) is 8.20. The van der Waals surface area contributed by atoms with Gasteiger partial charge in [0, 0.05) is 22.8 Å². The molecule has 12 heteroatoms. The molecule has 0 amide bonds. The van der Waals surface area contributed by atoms with Crippen LogP contribution in [0.3, 0.4) is 0 Å². The van der Waals surface area contributed by atoms with Crippen molar-refractivity contribution in [3.05, 3.63) is 88.5 Å². The van der Waals surface area contributed by atoms with Crippen LogP contribution in [0.2, 0.25) is 0 Å². The normalized spacial score (nSPS) is 12.2. The fourth-order valence-electron chi connectivity index (χ4n) is 3.49. The Kier molecular flexibility index (Phi) is 10.7. The molecule has 3 aromatic carbocycles. The Labute approximate surface area is 228 Å². The minimum absolute atomic E-state index is 0.0303. The number of alkyl halides is 6. The number of benzene rings is 3. The predicted octanol–water partition coefficient (Wildman–Crippen LogP) is 8.89. The van der Waals surface area contributed by atoms with E-state index in [1.54, 1.807) is 6.07 Å². The molecule has 0 radical (unpaired) electrons. The van der Waals surface area contributed by atoms with Crippen LogP contribution < -0.4 is 4.74 Å². The Hall–Kier alpha value is -2.03. The number of halogens is 8. The number of hydrogen-bond acceptors (Lipinski definition) is 3. The first-order valence-corrected chi connectivity index (χ1v) is 16.7. The molecule has 0 bridgehead atoms. The van der Waals surface area contributed by atoms with Crippen molar-refractivity contribution in [2.75, 3.05) is 7.11 Å². The van der Waals surface area contributed by atoms with E-state index in [9.17, 15) is 31.4 Å². The van der Waals surface area contributed by atoms with Gasteiger partial charge in [0.2, 0.25) is 0 Å². The third-order valence-corrected chi connectivity index (χ3v) is 5.44. The third kappa shape index (κ3) is 8.23. The molecular formula is C25H21Cl2F6NO2Zr. The van der Waals surface area contributed by atoms with E-state index in [1.807, 2.05) is 44.2 Å². The van der Waals surface area contributed by atoms with E-state index in [0.717, 1.165) is 11.8 Å². The first-order chi connectivity index (χ1) is 17.1. The van der Waals surface area contributed by atoms with Gasteiger partial charge >= 0.3 is 50.2 Å². The summed E-state index contributed by atoms with van der Waals surface area (Å²) in [5.74, 6) is 0.111. The van der Waals surface area contributed by atoms with Gasteiger partial charge in [-0.1, -0.05) is 44.2 Å². The van der Waals surface area contributed by atoms with Crippen molar-refractivity contribution in [2.45, 2.75) is 31.6 Å². The van der Waals surface area contributed by atoms with Gasteiger partial charge in [0.25, 0.3) is 0 Å². The molecular weight excluding hydrogens is 622 g/mol. The van der Waals surface area contributed by atoms with E-state index in [0.29, 0.717) is 23.4 Å². The van der Waals surface area contributed by atoms with Crippen molar-refractivity contribution in [3.8, 4) is 11.5 Å². The molecule has 0 heterocycles. The van der Waals surface area contributed by atoms with Crippen LogP contribution in [-0.2, 0) is 38.6 Å². The molecule has 3 nitrogen and oxygen atoms in total. The summed E-state index contributed by atoms with van der Waals surface area (Å²) in [5.41, 5.74) is -2.83. The third-order valence-electron chi connectivity index (χ3n) is 5.44. The summed E-state index contributed by atoms with van der Waals surface area (Å²) in [5, 5.41) is 10.9. The Morgan fingerprint density at radius 3 is 1.81 bits per heavy atom. The van der Waals surface area contributed by atoms with Crippen LogP contribution in [-0.4, -0.2) is 18.4 Å². The molecule has 0 fully saturated rings. The fraction of sp³-hybridized carbons (Fsp3) is 0.240. The van der Waals surface area contributed by atoms with Crippen molar-refractivity contribution in [3.63, 3.8) is 0 Å². The summed E-state index contributed by atoms with van der Waals surface area (Å²) < 4.78 is 84.1. The number of phenolic OH excluding ortho intramolecular Hbond substituents is 1. The quantitative estimate of drug-likeness (QED) is 0.223. The van der Waals surface area contributed by atoms with Crippen LogP contribution in [0.15, 0.2) is 65.7 Å². The average molecular weight is 644 g/mol. The maximum atomic E-state index is 13.1. The number of hydrogen-bond donors (Lipinski definition) is 1. The Balaban J connectivity index is 0.00000153. The number of nitrogens with zero attached hydrogens (tertiary/aromatic N) is 1. The van der Waals surface area contributed by atoms with Crippen LogP contribution in [0, 0.1) is 0 Å². The summed E-state index contributed by atoms with van der Waals surface area (Å²) in [6.07, 6.45) is -8.97. The second-order valence-corrected chi connectivity index (χ2v) is 11.9. The average Bonchev–Trinajstić information content (AvgIpc) is 2.83. The van der Waals surface area contributed by atoms with E-state index in [1.165, 1.54) is 13.2 Å². The van der Waals surface area contributed by atoms with Crippen molar-refractivity contribution in [1.82, 2.24) is 0 Å². The molecule has 0 aliphatic carbocycles. The molecule has 0 unspecified atom stereocenters. The first kappa shape index (κ1) is 31.2. The molecule has 0 aliphatic heterocycles. The second kappa shape index (κ2) is 12.7. The Morgan fingerprint density at radius 2 is 1.35 bits per heavy atom. The number of rotatable bonds is 5. The zero-order chi connectivity index (χ0) is 28.0. The van der Waals surface area contributed by atoms with E-state index < -0.39 is 55.4 Å². The number of aromatic hydroxyl groups is 1. The van der Waals surface area contributed by atoms with Gasteiger partial charge in [0.15, 0.2) is 0 Å². The van der Waals surface area contributed by atoms with Gasteiger partial charge in [-0.15, -0.1) is 0 Å². The van der Waals surface area contributed by atoms with E-state index in [4.69, 9.17) is 21.8 Å². The van der Waals surface area contributed by atoms with Gasteiger partial charge in [0.05, 0.1) is 23.9 Å². The topological polar surface area (TPSA) is 41.8 Å². The number of methoxy groups -OCH3 is 1. The SMILES string of the molecule is COc1cc(C=Nc2cc(C(F)(F)F)cc(C(F)(F)F)c2)c(O)c(C(C)(C)c2ccccc2)c1.[Cl][Zr][Cl]. The monoisotopic (exact) mass is 641 g/mol. The van der Waals surface area contributed by atoms with Crippen molar-refractivity contribution in [1.29, 1.82) is 0 Å². The number of ether oxygens (including phenoxy) is 1. The van der Waals surface area contributed by atoms with Gasteiger partial charge in [0.1, 0.15) is 11.5 Å². The first-order valence-electron chi connectivity index (χ1n) is 10.4. The maximum absolute atomic E-state index is 13.1. The van der Waals surface area contributed by atoms with Crippen LogP contribution in [0.4, 0.5) is 32.0 Å². The van der Waals surface area contributed by atoms with Gasteiger partial charge in [-0.2, -0.15) is 26.3 Å².